The SMILES string of the molecule is CC(CS(C)(=O)=O)NCc1ccc(OC(F)F)cc1. The summed E-state index contributed by atoms with van der Waals surface area (Å²) in [5, 5.41) is 3.05. The van der Waals surface area contributed by atoms with Crippen molar-refractivity contribution in [2.45, 2.75) is 26.1 Å². The number of nitrogens with one attached hydrogen (secondary N) is 1. The predicted molar refractivity (Wildman–Crippen MR) is 69.1 cm³/mol. The lowest BCUT2D eigenvalue weighted by atomic mass is 10.2. The number of ether oxygens (including phenoxy) is 1. The van der Waals surface area contributed by atoms with Gasteiger partial charge in [-0.3, -0.25) is 0 Å². The molecular weight excluding hydrogens is 276 g/mol. The van der Waals surface area contributed by atoms with Gasteiger partial charge in [0, 0.05) is 18.8 Å². The summed E-state index contributed by atoms with van der Waals surface area (Å²) in [7, 11) is -3.01. The zero-order valence-electron chi connectivity index (χ0n) is 10.8. The van der Waals surface area contributed by atoms with Gasteiger partial charge in [0.15, 0.2) is 0 Å². The quantitative estimate of drug-likeness (QED) is 0.833. The molecule has 19 heavy (non-hydrogen) atoms. The van der Waals surface area contributed by atoms with Gasteiger partial charge >= 0.3 is 6.61 Å². The van der Waals surface area contributed by atoms with E-state index in [2.05, 4.69) is 10.1 Å². The van der Waals surface area contributed by atoms with Crippen molar-refractivity contribution in [1.82, 2.24) is 5.32 Å². The molecule has 0 radical (unpaired) electrons. The second-order valence-corrected chi connectivity index (χ2v) is 6.58. The van der Waals surface area contributed by atoms with Crippen molar-refractivity contribution < 1.29 is 21.9 Å². The first kappa shape index (κ1) is 15.8. The Kier molecular flexibility index (Phi) is 5.68. The monoisotopic (exact) mass is 293 g/mol. The Bertz CT molecular complexity index is 488. The highest BCUT2D eigenvalue weighted by atomic mass is 32.2. The second-order valence-electron chi connectivity index (χ2n) is 4.40. The van der Waals surface area contributed by atoms with Crippen LogP contribution in [0.5, 0.6) is 5.75 Å². The number of sulfone groups is 1. The molecule has 0 heterocycles. The Morgan fingerprint density at radius 1 is 1.26 bits per heavy atom. The first-order valence-corrected chi connectivity index (χ1v) is 7.77. The maximum atomic E-state index is 11.9. The number of alkyl halides is 2. The Hall–Kier alpha value is -1.21. The van der Waals surface area contributed by atoms with E-state index in [0.29, 0.717) is 6.54 Å². The van der Waals surface area contributed by atoms with Gasteiger partial charge in [0.2, 0.25) is 0 Å². The van der Waals surface area contributed by atoms with Crippen LogP contribution in [0, 0.1) is 0 Å². The molecule has 0 saturated carbocycles. The number of hydrogen-bond acceptors (Lipinski definition) is 4. The van der Waals surface area contributed by atoms with Crippen LogP contribution >= 0.6 is 0 Å². The Balaban J connectivity index is 2.45. The van der Waals surface area contributed by atoms with Gasteiger partial charge in [-0.25, -0.2) is 8.42 Å². The van der Waals surface area contributed by atoms with Crippen molar-refractivity contribution in [3.8, 4) is 5.75 Å². The highest BCUT2D eigenvalue weighted by molar-refractivity contribution is 7.90. The number of halogens is 2. The fourth-order valence-electron chi connectivity index (χ4n) is 1.59. The molecule has 0 aromatic heterocycles. The van der Waals surface area contributed by atoms with Crippen LogP contribution in [0.15, 0.2) is 24.3 Å². The largest absolute Gasteiger partial charge is 0.435 e. The van der Waals surface area contributed by atoms with Crippen LogP contribution in [-0.4, -0.2) is 33.1 Å². The maximum Gasteiger partial charge on any atom is 0.387 e. The molecule has 1 N–H and O–H groups in total. The smallest absolute Gasteiger partial charge is 0.387 e. The lowest BCUT2D eigenvalue weighted by Crippen LogP contribution is -2.32. The van der Waals surface area contributed by atoms with Crippen molar-refractivity contribution in [3.63, 3.8) is 0 Å². The lowest BCUT2D eigenvalue weighted by Gasteiger charge is -2.13. The Labute approximate surface area is 111 Å². The molecule has 1 atom stereocenters. The molecule has 1 aromatic carbocycles. The van der Waals surface area contributed by atoms with Gasteiger partial charge in [0.1, 0.15) is 15.6 Å². The molecule has 108 valence electrons. The summed E-state index contributed by atoms with van der Waals surface area (Å²) in [5.74, 6) is 0.155. The van der Waals surface area contributed by atoms with Crippen molar-refractivity contribution in [2.24, 2.45) is 0 Å². The molecule has 0 fully saturated rings. The zero-order chi connectivity index (χ0) is 14.5. The summed E-state index contributed by atoms with van der Waals surface area (Å²) >= 11 is 0. The summed E-state index contributed by atoms with van der Waals surface area (Å²) < 4.78 is 50.3. The zero-order valence-corrected chi connectivity index (χ0v) is 11.6. The van der Waals surface area contributed by atoms with Crippen LogP contribution < -0.4 is 10.1 Å². The van der Waals surface area contributed by atoms with Crippen LogP contribution in [0.2, 0.25) is 0 Å². The van der Waals surface area contributed by atoms with E-state index in [1.807, 2.05) is 0 Å². The summed E-state index contributed by atoms with van der Waals surface area (Å²) in [6.45, 7) is -0.597. The molecule has 0 spiro atoms. The molecule has 0 saturated heterocycles. The molecule has 0 aliphatic heterocycles. The third-order valence-corrected chi connectivity index (χ3v) is 3.46. The predicted octanol–water partition coefficient (Wildman–Crippen LogP) is 1.81. The highest BCUT2D eigenvalue weighted by Crippen LogP contribution is 2.14. The van der Waals surface area contributed by atoms with Crippen molar-refractivity contribution in [2.75, 3.05) is 12.0 Å². The summed E-state index contributed by atoms with van der Waals surface area (Å²) in [4.78, 5) is 0. The minimum absolute atomic E-state index is 0.0551. The first-order chi connectivity index (χ1) is 8.76. The molecule has 1 rings (SSSR count). The van der Waals surface area contributed by atoms with Crippen LogP contribution in [0.4, 0.5) is 8.78 Å². The third kappa shape index (κ3) is 7.07. The minimum atomic E-state index is -3.01. The van der Waals surface area contributed by atoms with Gasteiger partial charge < -0.3 is 10.1 Å². The fraction of sp³-hybridized carbons (Fsp3) is 0.500. The van der Waals surface area contributed by atoms with Crippen molar-refractivity contribution in [3.05, 3.63) is 29.8 Å². The average Bonchev–Trinajstić information content (AvgIpc) is 2.25. The summed E-state index contributed by atoms with van der Waals surface area (Å²) in [6, 6.07) is 6.02. The normalized spacial score (nSPS) is 13.5. The highest BCUT2D eigenvalue weighted by Gasteiger charge is 2.10. The molecule has 0 aliphatic carbocycles. The van der Waals surface area contributed by atoms with E-state index in [-0.39, 0.29) is 17.5 Å². The van der Waals surface area contributed by atoms with E-state index in [9.17, 15) is 17.2 Å². The lowest BCUT2D eigenvalue weighted by molar-refractivity contribution is -0.0498. The van der Waals surface area contributed by atoms with Gasteiger partial charge in [0.05, 0.1) is 5.75 Å². The van der Waals surface area contributed by atoms with Gasteiger partial charge in [-0.1, -0.05) is 12.1 Å². The van der Waals surface area contributed by atoms with E-state index < -0.39 is 16.4 Å². The maximum absolute atomic E-state index is 11.9. The van der Waals surface area contributed by atoms with Crippen LogP contribution in [0.25, 0.3) is 0 Å². The van der Waals surface area contributed by atoms with Crippen molar-refractivity contribution >= 4 is 9.84 Å². The van der Waals surface area contributed by atoms with Crippen LogP contribution in [0.3, 0.4) is 0 Å². The average molecular weight is 293 g/mol. The third-order valence-electron chi connectivity index (χ3n) is 2.36. The Morgan fingerprint density at radius 2 is 1.84 bits per heavy atom. The molecule has 0 bridgehead atoms. The first-order valence-electron chi connectivity index (χ1n) is 5.71. The van der Waals surface area contributed by atoms with Crippen molar-refractivity contribution in [1.29, 1.82) is 0 Å². The summed E-state index contributed by atoms with van der Waals surface area (Å²) in [5.41, 5.74) is 0.863. The van der Waals surface area contributed by atoms with E-state index >= 15 is 0 Å². The standard InChI is InChI=1S/C12H17F2NO3S/c1-9(8-19(2,16)17)15-7-10-3-5-11(6-4-10)18-12(13)14/h3-6,9,12,15H,7-8H2,1-2H3. The number of benzene rings is 1. The molecular formula is C12H17F2NO3S. The van der Waals surface area contributed by atoms with Gasteiger partial charge in [0.25, 0.3) is 0 Å². The van der Waals surface area contributed by atoms with E-state index in [4.69, 9.17) is 0 Å². The topological polar surface area (TPSA) is 55.4 Å². The van der Waals surface area contributed by atoms with Gasteiger partial charge in [-0.05, 0) is 24.6 Å². The van der Waals surface area contributed by atoms with Crippen LogP contribution in [-0.2, 0) is 16.4 Å². The second kappa shape index (κ2) is 6.81. The van der Waals surface area contributed by atoms with E-state index in [0.717, 1.165) is 5.56 Å². The van der Waals surface area contributed by atoms with Gasteiger partial charge in [-0.15, -0.1) is 0 Å². The van der Waals surface area contributed by atoms with Gasteiger partial charge in [-0.2, -0.15) is 8.78 Å². The molecule has 7 heteroatoms. The van der Waals surface area contributed by atoms with Crippen LogP contribution in [0.1, 0.15) is 12.5 Å². The molecule has 1 aromatic rings. The Morgan fingerprint density at radius 3 is 2.32 bits per heavy atom. The molecule has 0 aliphatic rings. The fourth-order valence-corrected chi connectivity index (χ4v) is 2.62. The van der Waals surface area contributed by atoms with E-state index in [1.165, 1.54) is 18.4 Å². The molecule has 4 nitrogen and oxygen atoms in total. The number of rotatable bonds is 7. The minimum Gasteiger partial charge on any atom is -0.435 e. The molecule has 0 amide bonds. The number of hydrogen-bond donors (Lipinski definition) is 1. The molecule has 1 unspecified atom stereocenters. The van der Waals surface area contributed by atoms with E-state index in [1.54, 1.807) is 19.1 Å². The summed E-state index contributed by atoms with van der Waals surface area (Å²) in [6.07, 6.45) is 1.18.